The van der Waals surface area contributed by atoms with E-state index in [1.165, 1.54) is 12.1 Å². The summed E-state index contributed by atoms with van der Waals surface area (Å²) in [6, 6.07) is 3.64. The van der Waals surface area contributed by atoms with Gasteiger partial charge >= 0.3 is 0 Å². The van der Waals surface area contributed by atoms with Crippen molar-refractivity contribution in [2.45, 2.75) is 6.04 Å². The summed E-state index contributed by atoms with van der Waals surface area (Å²) in [6.07, 6.45) is 0.671. The largest absolute Gasteiger partial charge is 0.490 e. The molecular weight excluding hydrogens is 232 g/mol. The van der Waals surface area contributed by atoms with Crippen molar-refractivity contribution in [2.75, 3.05) is 6.61 Å². The van der Waals surface area contributed by atoms with Gasteiger partial charge in [0.15, 0.2) is 0 Å². The molecule has 86 valence electrons. The Morgan fingerprint density at radius 3 is 2.75 bits per heavy atom. The third-order valence-corrected chi connectivity index (χ3v) is 2.17. The van der Waals surface area contributed by atoms with Crippen molar-refractivity contribution in [3.05, 3.63) is 28.8 Å². The van der Waals surface area contributed by atoms with Crippen molar-refractivity contribution in [1.82, 2.24) is 0 Å². The minimum absolute atomic E-state index is 0.0600. The predicted octanol–water partition coefficient (Wildman–Crippen LogP) is 0.344. The molecule has 0 aliphatic carbocycles. The van der Waals surface area contributed by atoms with Gasteiger partial charge in [-0.2, -0.15) is 0 Å². The van der Waals surface area contributed by atoms with Crippen LogP contribution >= 0.6 is 11.6 Å². The minimum Gasteiger partial charge on any atom is -0.490 e. The molecule has 1 atom stereocenters. The van der Waals surface area contributed by atoms with E-state index >= 15 is 0 Å². The van der Waals surface area contributed by atoms with Crippen LogP contribution < -0.4 is 16.2 Å². The van der Waals surface area contributed by atoms with E-state index < -0.39 is 11.9 Å². The van der Waals surface area contributed by atoms with E-state index in [0.717, 1.165) is 0 Å². The summed E-state index contributed by atoms with van der Waals surface area (Å²) in [7, 11) is 0. The molecule has 0 radical (unpaired) electrons. The van der Waals surface area contributed by atoms with E-state index in [2.05, 4.69) is 0 Å². The first kappa shape index (κ1) is 12.5. The zero-order valence-electron chi connectivity index (χ0n) is 8.35. The second kappa shape index (κ2) is 5.48. The summed E-state index contributed by atoms with van der Waals surface area (Å²) in [5.41, 5.74) is 10.8. The second-order valence-electron chi connectivity index (χ2n) is 3.13. The van der Waals surface area contributed by atoms with Gasteiger partial charge in [0.2, 0.25) is 5.91 Å². The molecule has 0 aliphatic heterocycles. The topological polar surface area (TPSA) is 95.4 Å². The molecule has 5 nitrogen and oxygen atoms in total. The number of rotatable bonds is 5. The number of ether oxygens (including phenoxy) is 1. The monoisotopic (exact) mass is 242 g/mol. The fourth-order valence-electron chi connectivity index (χ4n) is 0.969. The number of primary amides is 1. The molecule has 6 heteroatoms. The van der Waals surface area contributed by atoms with Gasteiger partial charge in [-0.05, 0) is 18.2 Å². The summed E-state index contributed by atoms with van der Waals surface area (Å²) in [5, 5.41) is 0.279. The fraction of sp³-hybridized carbons (Fsp3) is 0.200. The van der Waals surface area contributed by atoms with Gasteiger partial charge in [0.25, 0.3) is 0 Å². The van der Waals surface area contributed by atoms with Crippen LogP contribution in [0.3, 0.4) is 0 Å². The standard InChI is InChI=1S/C10H11ClN2O3/c11-7-3-6(4-14)1-2-9(7)16-5-8(12)10(13)15/h1-4,8H,5,12H2,(H2,13,15). The number of carbonyl (C=O) groups excluding carboxylic acids is 2. The average Bonchev–Trinajstić information content (AvgIpc) is 2.26. The quantitative estimate of drug-likeness (QED) is 0.728. The molecule has 0 heterocycles. The smallest absolute Gasteiger partial charge is 0.237 e. The first-order chi connectivity index (χ1) is 7.54. The third-order valence-electron chi connectivity index (χ3n) is 1.88. The van der Waals surface area contributed by atoms with Crippen LogP contribution in [-0.2, 0) is 4.79 Å². The highest BCUT2D eigenvalue weighted by Gasteiger charge is 2.11. The zero-order valence-corrected chi connectivity index (χ0v) is 9.11. The van der Waals surface area contributed by atoms with Crippen LogP contribution in [0.4, 0.5) is 0 Å². The molecule has 4 N–H and O–H groups in total. The molecule has 16 heavy (non-hydrogen) atoms. The van der Waals surface area contributed by atoms with Crippen LogP contribution in [0.1, 0.15) is 10.4 Å². The average molecular weight is 243 g/mol. The van der Waals surface area contributed by atoms with E-state index in [-0.39, 0.29) is 11.6 Å². The molecule has 0 spiro atoms. The molecule has 0 saturated carbocycles. The van der Waals surface area contributed by atoms with Crippen molar-refractivity contribution in [3.63, 3.8) is 0 Å². The molecule has 0 bridgehead atoms. The molecule has 0 aliphatic rings. The van der Waals surface area contributed by atoms with Gasteiger partial charge in [-0.1, -0.05) is 11.6 Å². The maximum Gasteiger partial charge on any atom is 0.237 e. The molecular formula is C10H11ClN2O3. The lowest BCUT2D eigenvalue weighted by Gasteiger charge is -2.11. The highest BCUT2D eigenvalue weighted by Crippen LogP contribution is 2.24. The number of halogens is 1. The van der Waals surface area contributed by atoms with Crippen LogP contribution in [0.2, 0.25) is 5.02 Å². The van der Waals surface area contributed by atoms with Gasteiger partial charge in [-0.15, -0.1) is 0 Å². The van der Waals surface area contributed by atoms with Crippen LogP contribution in [0.5, 0.6) is 5.75 Å². The number of amides is 1. The van der Waals surface area contributed by atoms with Gasteiger partial charge < -0.3 is 16.2 Å². The number of benzene rings is 1. The Bertz CT molecular complexity index is 409. The van der Waals surface area contributed by atoms with Crippen LogP contribution in [0.25, 0.3) is 0 Å². The Kier molecular flexibility index (Phi) is 4.28. The number of hydrogen-bond acceptors (Lipinski definition) is 4. The Morgan fingerprint density at radius 2 is 2.25 bits per heavy atom. The van der Waals surface area contributed by atoms with Crippen molar-refractivity contribution >= 4 is 23.8 Å². The lowest BCUT2D eigenvalue weighted by Crippen LogP contribution is -2.41. The molecule has 1 aromatic carbocycles. The fourth-order valence-corrected chi connectivity index (χ4v) is 1.21. The molecule has 1 amide bonds. The summed E-state index contributed by atoms with van der Waals surface area (Å²) in [5.74, 6) is -0.301. The van der Waals surface area contributed by atoms with E-state index in [4.69, 9.17) is 27.8 Å². The van der Waals surface area contributed by atoms with E-state index in [0.29, 0.717) is 17.6 Å². The van der Waals surface area contributed by atoms with E-state index in [9.17, 15) is 9.59 Å². The van der Waals surface area contributed by atoms with Crippen molar-refractivity contribution in [3.8, 4) is 5.75 Å². The maximum atomic E-state index is 10.6. The molecule has 1 unspecified atom stereocenters. The summed E-state index contributed by atoms with van der Waals surface area (Å²) < 4.78 is 5.19. The Balaban J connectivity index is 2.68. The Hall–Kier alpha value is -1.59. The molecule has 0 fully saturated rings. The van der Waals surface area contributed by atoms with E-state index in [1.807, 2.05) is 0 Å². The van der Waals surface area contributed by atoms with Crippen molar-refractivity contribution in [2.24, 2.45) is 11.5 Å². The third kappa shape index (κ3) is 3.22. The van der Waals surface area contributed by atoms with Gasteiger partial charge in [-0.25, -0.2) is 0 Å². The number of hydrogen-bond donors (Lipinski definition) is 2. The highest BCUT2D eigenvalue weighted by atomic mass is 35.5. The van der Waals surface area contributed by atoms with Gasteiger partial charge in [0, 0.05) is 5.56 Å². The van der Waals surface area contributed by atoms with Crippen LogP contribution in [-0.4, -0.2) is 24.8 Å². The van der Waals surface area contributed by atoms with Gasteiger partial charge in [0.05, 0.1) is 5.02 Å². The molecule has 1 rings (SSSR count). The first-order valence-corrected chi connectivity index (χ1v) is 4.85. The predicted molar refractivity (Wildman–Crippen MR) is 59.5 cm³/mol. The summed E-state index contributed by atoms with van der Waals surface area (Å²) in [6.45, 7) is -0.0600. The number of carbonyl (C=O) groups is 2. The van der Waals surface area contributed by atoms with Gasteiger partial charge in [-0.3, -0.25) is 9.59 Å². The second-order valence-corrected chi connectivity index (χ2v) is 3.53. The number of aldehydes is 1. The lowest BCUT2D eigenvalue weighted by molar-refractivity contribution is -0.119. The summed E-state index contributed by atoms with van der Waals surface area (Å²) in [4.78, 5) is 21.1. The van der Waals surface area contributed by atoms with Crippen LogP contribution in [0.15, 0.2) is 18.2 Å². The lowest BCUT2D eigenvalue weighted by atomic mass is 10.2. The highest BCUT2D eigenvalue weighted by molar-refractivity contribution is 6.32. The molecule has 0 aromatic heterocycles. The Morgan fingerprint density at radius 1 is 1.56 bits per heavy atom. The van der Waals surface area contributed by atoms with E-state index in [1.54, 1.807) is 6.07 Å². The van der Waals surface area contributed by atoms with Gasteiger partial charge in [0.1, 0.15) is 24.7 Å². The maximum absolute atomic E-state index is 10.6. The molecule has 0 saturated heterocycles. The first-order valence-electron chi connectivity index (χ1n) is 4.47. The zero-order chi connectivity index (χ0) is 12.1. The van der Waals surface area contributed by atoms with Crippen molar-refractivity contribution in [1.29, 1.82) is 0 Å². The summed E-state index contributed by atoms with van der Waals surface area (Å²) >= 11 is 5.83. The normalized spacial score (nSPS) is 11.9. The minimum atomic E-state index is -0.887. The Labute approximate surface area is 97.3 Å². The van der Waals surface area contributed by atoms with Crippen molar-refractivity contribution < 1.29 is 14.3 Å². The number of nitrogens with two attached hydrogens (primary N) is 2. The SMILES string of the molecule is NC(=O)C(N)COc1ccc(C=O)cc1Cl. The van der Waals surface area contributed by atoms with Crippen LogP contribution in [0, 0.1) is 0 Å². The molecule has 1 aromatic rings.